The Morgan fingerprint density at radius 2 is 1.59 bits per heavy atom. The summed E-state index contributed by atoms with van der Waals surface area (Å²) in [6, 6.07) is 15.6. The molecule has 0 aliphatic carbocycles. The van der Waals surface area contributed by atoms with Crippen LogP contribution in [-0.2, 0) is 22.4 Å². The number of carboxylic acid groups (broad SMARTS) is 1. The topological polar surface area (TPSA) is 78.9 Å². The van der Waals surface area contributed by atoms with E-state index in [1.807, 2.05) is 56.3 Å². The first-order valence-corrected chi connectivity index (χ1v) is 9.74. The van der Waals surface area contributed by atoms with Crippen LogP contribution in [0.3, 0.4) is 0 Å². The van der Waals surface area contributed by atoms with Crippen LogP contribution in [0.4, 0.5) is 0 Å². The van der Waals surface area contributed by atoms with Crippen molar-refractivity contribution in [3.05, 3.63) is 65.7 Å². The fraction of sp³-hybridized carbons (Fsp3) is 0.391. The largest absolute Gasteiger partial charge is 0.497 e. The number of hydrogen-bond donors (Lipinski definition) is 2. The number of carbonyl (C=O) groups excluding carboxylic acids is 1. The second kappa shape index (κ2) is 10.6. The van der Waals surface area contributed by atoms with E-state index in [1.165, 1.54) is 4.90 Å². The van der Waals surface area contributed by atoms with Gasteiger partial charge in [0, 0.05) is 19.5 Å². The molecule has 0 unspecified atom stereocenters. The normalized spacial score (nSPS) is 13.0. The van der Waals surface area contributed by atoms with Gasteiger partial charge in [-0.05, 0) is 29.7 Å². The van der Waals surface area contributed by atoms with Crippen LogP contribution in [0.5, 0.6) is 5.75 Å². The maximum Gasteiger partial charge on any atom is 0.326 e. The molecule has 0 saturated heterocycles. The summed E-state index contributed by atoms with van der Waals surface area (Å²) in [6.45, 7) is 3.94. The lowest BCUT2D eigenvalue weighted by Crippen LogP contribution is -2.53. The van der Waals surface area contributed by atoms with Gasteiger partial charge >= 0.3 is 5.97 Å². The van der Waals surface area contributed by atoms with Crippen LogP contribution in [-0.4, -0.2) is 54.2 Å². The lowest BCUT2D eigenvalue weighted by Gasteiger charge is -2.30. The van der Waals surface area contributed by atoms with Crippen molar-refractivity contribution >= 4 is 11.9 Å². The number of benzene rings is 2. The predicted octanol–water partition coefficient (Wildman–Crippen LogP) is 2.76. The molecular formula is C23H30N2O4. The van der Waals surface area contributed by atoms with E-state index < -0.39 is 18.1 Å². The second-order valence-electron chi connectivity index (χ2n) is 7.42. The summed E-state index contributed by atoms with van der Waals surface area (Å²) in [5.74, 6) is -0.558. The van der Waals surface area contributed by atoms with Gasteiger partial charge in [0.15, 0.2) is 0 Å². The molecule has 0 aliphatic heterocycles. The number of nitrogens with zero attached hydrogens (tertiary/aromatic N) is 1. The van der Waals surface area contributed by atoms with Gasteiger partial charge < -0.3 is 20.1 Å². The molecule has 1 amide bonds. The Balaban J connectivity index is 2.18. The summed E-state index contributed by atoms with van der Waals surface area (Å²) >= 11 is 0. The van der Waals surface area contributed by atoms with Crippen LogP contribution < -0.4 is 10.1 Å². The highest BCUT2D eigenvalue weighted by Crippen LogP contribution is 2.16. The first kappa shape index (κ1) is 22.4. The van der Waals surface area contributed by atoms with Crippen LogP contribution in [0, 0.1) is 0 Å². The highest BCUT2D eigenvalue weighted by atomic mass is 16.5. The van der Waals surface area contributed by atoms with Crippen molar-refractivity contribution in [3.63, 3.8) is 0 Å². The van der Waals surface area contributed by atoms with E-state index in [9.17, 15) is 14.7 Å². The van der Waals surface area contributed by atoms with Gasteiger partial charge in [0.1, 0.15) is 11.8 Å². The predicted molar refractivity (Wildman–Crippen MR) is 113 cm³/mol. The zero-order valence-electron chi connectivity index (χ0n) is 17.5. The third-order valence-electron chi connectivity index (χ3n) is 4.80. The number of methoxy groups -OCH3 is 1. The number of ether oxygens (including phenoxy) is 1. The molecule has 0 aromatic heterocycles. The van der Waals surface area contributed by atoms with Crippen LogP contribution in [0.1, 0.15) is 25.0 Å². The van der Waals surface area contributed by atoms with E-state index in [-0.39, 0.29) is 18.4 Å². The average molecular weight is 399 g/mol. The minimum atomic E-state index is -1.03. The molecule has 6 nitrogen and oxygen atoms in total. The Bertz CT molecular complexity index is 790. The van der Waals surface area contributed by atoms with E-state index >= 15 is 0 Å². The van der Waals surface area contributed by atoms with Crippen LogP contribution >= 0.6 is 0 Å². The molecular weight excluding hydrogens is 368 g/mol. The van der Waals surface area contributed by atoms with Gasteiger partial charge in [-0.3, -0.25) is 4.79 Å². The fourth-order valence-electron chi connectivity index (χ4n) is 3.24. The quantitative estimate of drug-likeness (QED) is 0.643. The van der Waals surface area contributed by atoms with Crippen LogP contribution in [0.2, 0.25) is 0 Å². The number of nitrogens with one attached hydrogen (secondary N) is 1. The molecule has 156 valence electrons. The third-order valence-corrected chi connectivity index (χ3v) is 4.80. The number of rotatable bonds is 10. The van der Waals surface area contributed by atoms with Crippen molar-refractivity contribution in [2.45, 2.75) is 44.8 Å². The number of carbonyl (C=O) groups is 2. The molecule has 0 spiro atoms. The van der Waals surface area contributed by atoms with Crippen LogP contribution in [0.25, 0.3) is 0 Å². The lowest BCUT2D eigenvalue weighted by molar-refractivity contribution is -0.149. The van der Waals surface area contributed by atoms with Crippen molar-refractivity contribution in [1.29, 1.82) is 0 Å². The summed E-state index contributed by atoms with van der Waals surface area (Å²) in [5, 5.41) is 13.1. The van der Waals surface area contributed by atoms with E-state index in [4.69, 9.17) is 4.74 Å². The number of carboxylic acids is 1. The van der Waals surface area contributed by atoms with E-state index in [0.717, 1.165) is 11.1 Å². The summed E-state index contributed by atoms with van der Waals surface area (Å²) in [7, 11) is 3.14. The van der Waals surface area contributed by atoms with E-state index in [1.54, 1.807) is 26.3 Å². The molecule has 0 heterocycles. The molecule has 6 heteroatoms. The smallest absolute Gasteiger partial charge is 0.326 e. The summed E-state index contributed by atoms with van der Waals surface area (Å²) in [6.07, 6.45) is 0.721. The van der Waals surface area contributed by atoms with E-state index in [2.05, 4.69) is 5.32 Å². The van der Waals surface area contributed by atoms with Gasteiger partial charge in [-0.15, -0.1) is 0 Å². The number of hydrogen-bond acceptors (Lipinski definition) is 4. The summed E-state index contributed by atoms with van der Waals surface area (Å²) in [4.78, 5) is 26.5. The second-order valence-corrected chi connectivity index (χ2v) is 7.42. The van der Waals surface area contributed by atoms with Gasteiger partial charge in [0.25, 0.3) is 0 Å². The summed E-state index contributed by atoms with van der Waals surface area (Å²) in [5.41, 5.74) is 1.85. The number of likely N-dealkylation sites (N-methyl/N-ethyl adjacent to an activating group) is 1. The highest BCUT2D eigenvalue weighted by Gasteiger charge is 2.31. The Morgan fingerprint density at radius 3 is 2.10 bits per heavy atom. The number of amides is 1. The molecule has 0 fully saturated rings. The Hall–Kier alpha value is -2.86. The van der Waals surface area contributed by atoms with Crippen molar-refractivity contribution in [3.8, 4) is 5.75 Å². The van der Waals surface area contributed by atoms with Crippen molar-refractivity contribution in [1.82, 2.24) is 10.2 Å². The SMILES string of the molecule is COc1ccc(C[C@@H](C(=O)O)N(C)C(=O)[C@H](Cc2ccccc2)NC(C)C)cc1. The Kier molecular flexibility index (Phi) is 8.21. The molecule has 0 saturated carbocycles. The molecule has 2 aromatic rings. The summed E-state index contributed by atoms with van der Waals surface area (Å²) < 4.78 is 5.14. The average Bonchev–Trinajstić information content (AvgIpc) is 2.71. The highest BCUT2D eigenvalue weighted by molar-refractivity contribution is 5.87. The fourth-order valence-corrected chi connectivity index (χ4v) is 3.24. The van der Waals surface area contributed by atoms with Crippen molar-refractivity contribution in [2.24, 2.45) is 0 Å². The monoisotopic (exact) mass is 398 g/mol. The van der Waals surface area contributed by atoms with Gasteiger partial charge in [0.05, 0.1) is 13.2 Å². The van der Waals surface area contributed by atoms with Gasteiger partial charge in [-0.1, -0.05) is 56.3 Å². The Labute approximate surface area is 172 Å². The zero-order valence-corrected chi connectivity index (χ0v) is 17.5. The minimum Gasteiger partial charge on any atom is -0.497 e. The molecule has 0 bridgehead atoms. The third kappa shape index (κ3) is 6.61. The minimum absolute atomic E-state index is 0.0888. The van der Waals surface area contributed by atoms with Crippen molar-refractivity contribution in [2.75, 3.05) is 14.2 Å². The molecule has 2 atom stereocenters. The van der Waals surface area contributed by atoms with Gasteiger partial charge in [-0.2, -0.15) is 0 Å². The molecule has 2 rings (SSSR count). The molecule has 0 aliphatic rings. The first-order chi connectivity index (χ1) is 13.8. The maximum atomic E-state index is 13.2. The van der Waals surface area contributed by atoms with Crippen molar-refractivity contribution < 1.29 is 19.4 Å². The van der Waals surface area contributed by atoms with E-state index in [0.29, 0.717) is 12.2 Å². The molecule has 2 aromatic carbocycles. The molecule has 0 radical (unpaired) electrons. The first-order valence-electron chi connectivity index (χ1n) is 9.74. The maximum absolute atomic E-state index is 13.2. The van der Waals surface area contributed by atoms with Gasteiger partial charge in [0.2, 0.25) is 5.91 Å². The lowest BCUT2D eigenvalue weighted by atomic mass is 10.0. The zero-order chi connectivity index (χ0) is 21.4. The van der Waals surface area contributed by atoms with Crippen LogP contribution in [0.15, 0.2) is 54.6 Å². The van der Waals surface area contributed by atoms with Gasteiger partial charge in [-0.25, -0.2) is 4.79 Å². The number of aliphatic carboxylic acids is 1. The molecule has 2 N–H and O–H groups in total. The Morgan fingerprint density at radius 1 is 1.00 bits per heavy atom. The standard InChI is InChI=1S/C23H30N2O4/c1-16(2)24-20(14-17-8-6-5-7-9-17)22(26)25(3)21(23(27)28)15-18-10-12-19(29-4)13-11-18/h5-13,16,20-21,24H,14-15H2,1-4H3,(H,27,28)/t20-,21-/m0/s1. The molecule has 29 heavy (non-hydrogen) atoms.